The van der Waals surface area contributed by atoms with E-state index in [1.807, 2.05) is 0 Å². The van der Waals surface area contributed by atoms with Gasteiger partial charge in [-0.2, -0.15) is 0 Å². The average molecular weight is 364 g/mol. The van der Waals surface area contributed by atoms with Crippen LogP contribution in [0.5, 0.6) is 11.5 Å². The van der Waals surface area contributed by atoms with Gasteiger partial charge in [0.15, 0.2) is 0 Å². The fraction of sp³-hybridized carbons (Fsp3) is 0. The minimum atomic E-state index is -0.505. The summed E-state index contributed by atoms with van der Waals surface area (Å²) in [5.41, 5.74) is 6.28. The molecule has 0 bridgehead atoms. The molecule has 0 aromatic heterocycles. The number of anilines is 1. The number of nitrogen functional groups attached to an aromatic ring is 1. The number of benzene rings is 2. The summed E-state index contributed by atoms with van der Waals surface area (Å²) in [5.74, 6) is 0.519. The van der Waals surface area contributed by atoms with Gasteiger partial charge in [-0.1, -0.05) is 11.6 Å². The number of halogens is 3. The van der Waals surface area contributed by atoms with Crippen molar-refractivity contribution in [2.45, 2.75) is 0 Å². The van der Waals surface area contributed by atoms with Crippen LogP contribution in [0.4, 0.5) is 10.1 Å². The van der Waals surface area contributed by atoms with Crippen LogP contribution in [0, 0.1) is 9.39 Å². The van der Waals surface area contributed by atoms with Gasteiger partial charge in [-0.15, -0.1) is 0 Å². The van der Waals surface area contributed by atoms with Crippen molar-refractivity contribution in [1.29, 1.82) is 0 Å². The monoisotopic (exact) mass is 363 g/mol. The lowest BCUT2D eigenvalue weighted by Gasteiger charge is -2.08. The quantitative estimate of drug-likeness (QED) is 0.632. The van der Waals surface area contributed by atoms with Gasteiger partial charge in [0.25, 0.3) is 0 Å². The van der Waals surface area contributed by atoms with Crippen molar-refractivity contribution in [3.8, 4) is 11.5 Å². The minimum absolute atomic E-state index is 0.0735. The van der Waals surface area contributed by atoms with E-state index in [4.69, 9.17) is 22.1 Å². The normalized spacial score (nSPS) is 10.3. The lowest BCUT2D eigenvalue weighted by atomic mass is 10.3. The Hall–Kier alpha value is -1.01. The standard InChI is InChI=1S/C12H8ClFINO/c13-9-3-2-8(6-10(9)14)17-12-4-1-7(16)5-11(12)15/h1-6H,16H2. The van der Waals surface area contributed by atoms with Crippen molar-refractivity contribution in [2.24, 2.45) is 0 Å². The molecule has 0 aliphatic rings. The SMILES string of the molecule is Nc1ccc(Oc2ccc(Cl)c(F)c2)c(I)c1. The van der Waals surface area contributed by atoms with Gasteiger partial charge in [-0.3, -0.25) is 0 Å². The molecule has 0 heterocycles. The number of hydrogen-bond donors (Lipinski definition) is 1. The van der Waals surface area contributed by atoms with Crippen LogP contribution in [0.3, 0.4) is 0 Å². The summed E-state index contributed by atoms with van der Waals surface area (Å²) < 4.78 is 19.6. The molecular weight excluding hydrogens is 355 g/mol. The lowest BCUT2D eigenvalue weighted by molar-refractivity contribution is 0.473. The third-order valence-electron chi connectivity index (χ3n) is 2.07. The molecule has 0 atom stereocenters. The second kappa shape index (κ2) is 5.10. The fourth-order valence-electron chi connectivity index (χ4n) is 1.27. The van der Waals surface area contributed by atoms with Crippen molar-refractivity contribution in [3.05, 3.63) is 50.8 Å². The number of nitrogens with two attached hydrogens (primary N) is 1. The summed E-state index contributed by atoms with van der Waals surface area (Å²) >= 11 is 7.69. The zero-order valence-corrected chi connectivity index (χ0v) is 11.5. The van der Waals surface area contributed by atoms with Gasteiger partial charge in [0.05, 0.1) is 8.59 Å². The zero-order chi connectivity index (χ0) is 12.4. The van der Waals surface area contributed by atoms with Crippen LogP contribution >= 0.6 is 34.2 Å². The Kier molecular flexibility index (Phi) is 3.73. The van der Waals surface area contributed by atoms with E-state index in [9.17, 15) is 4.39 Å². The molecule has 5 heteroatoms. The minimum Gasteiger partial charge on any atom is -0.456 e. The van der Waals surface area contributed by atoms with E-state index in [2.05, 4.69) is 22.6 Å². The summed E-state index contributed by atoms with van der Waals surface area (Å²) in [6, 6.07) is 9.55. The summed E-state index contributed by atoms with van der Waals surface area (Å²) in [5, 5.41) is 0.0735. The Morgan fingerprint density at radius 1 is 1.18 bits per heavy atom. The van der Waals surface area contributed by atoms with Gasteiger partial charge in [-0.25, -0.2) is 4.39 Å². The van der Waals surface area contributed by atoms with Crippen LogP contribution in [0.15, 0.2) is 36.4 Å². The van der Waals surface area contributed by atoms with Crippen LogP contribution in [0.2, 0.25) is 5.02 Å². The third kappa shape index (κ3) is 3.01. The van der Waals surface area contributed by atoms with Gasteiger partial charge in [0, 0.05) is 11.8 Å². The van der Waals surface area contributed by atoms with Crippen molar-refractivity contribution in [3.63, 3.8) is 0 Å². The number of ether oxygens (including phenoxy) is 1. The Morgan fingerprint density at radius 2 is 1.94 bits per heavy atom. The molecular formula is C12H8ClFINO. The fourth-order valence-corrected chi connectivity index (χ4v) is 2.03. The molecule has 0 fully saturated rings. The van der Waals surface area contributed by atoms with E-state index in [1.54, 1.807) is 24.3 Å². The van der Waals surface area contributed by atoms with E-state index < -0.39 is 5.82 Å². The zero-order valence-electron chi connectivity index (χ0n) is 8.58. The molecule has 2 nitrogen and oxygen atoms in total. The smallest absolute Gasteiger partial charge is 0.145 e. The first-order valence-electron chi connectivity index (χ1n) is 4.74. The molecule has 0 radical (unpaired) electrons. The lowest BCUT2D eigenvalue weighted by Crippen LogP contribution is -1.91. The first-order chi connectivity index (χ1) is 8.06. The van der Waals surface area contributed by atoms with Crippen LogP contribution in [0.25, 0.3) is 0 Å². The van der Waals surface area contributed by atoms with Crippen LogP contribution < -0.4 is 10.5 Å². The molecule has 2 N–H and O–H groups in total. The van der Waals surface area contributed by atoms with Gasteiger partial charge in [-0.05, 0) is 52.9 Å². The maximum atomic E-state index is 13.2. The first-order valence-corrected chi connectivity index (χ1v) is 6.20. The van der Waals surface area contributed by atoms with Crippen molar-refractivity contribution >= 4 is 39.9 Å². The Balaban J connectivity index is 2.28. The predicted octanol–water partition coefficient (Wildman–Crippen LogP) is 4.46. The molecule has 17 heavy (non-hydrogen) atoms. The van der Waals surface area contributed by atoms with Crippen molar-refractivity contribution < 1.29 is 9.13 Å². The highest BCUT2D eigenvalue weighted by molar-refractivity contribution is 14.1. The van der Waals surface area contributed by atoms with E-state index in [0.29, 0.717) is 17.2 Å². The summed E-state index contributed by atoms with van der Waals surface area (Å²) in [4.78, 5) is 0. The largest absolute Gasteiger partial charge is 0.456 e. The van der Waals surface area contributed by atoms with E-state index in [-0.39, 0.29) is 5.02 Å². The predicted molar refractivity (Wildman–Crippen MR) is 75.1 cm³/mol. The van der Waals surface area contributed by atoms with Gasteiger partial charge in [0.1, 0.15) is 17.3 Å². The maximum Gasteiger partial charge on any atom is 0.145 e. The van der Waals surface area contributed by atoms with Gasteiger partial charge >= 0.3 is 0 Å². The molecule has 0 unspecified atom stereocenters. The summed E-state index contributed by atoms with van der Waals surface area (Å²) in [6.45, 7) is 0. The first kappa shape index (κ1) is 12.4. The highest BCUT2D eigenvalue weighted by atomic mass is 127. The third-order valence-corrected chi connectivity index (χ3v) is 3.22. The molecule has 0 saturated heterocycles. The maximum absolute atomic E-state index is 13.2. The number of hydrogen-bond acceptors (Lipinski definition) is 2. The van der Waals surface area contributed by atoms with E-state index >= 15 is 0 Å². The Bertz CT molecular complexity index is 562. The molecule has 0 amide bonds. The van der Waals surface area contributed by atoms with E-state index in [0.717, 1.165) is 3.57 Å². The Morgan fingerprint density at radius 3 is 2.59 bits per heavy atom. The van der Waals surface area contributed by atoms with Crippen LogP contribution in [0.1, 0.15) is 0 Å². The molecule has 2 aromatic carbocycles. The molecule has 0 saturated carbocycles. The van der Waals surface area contributed by atoms with Gasteiger partial charge < -0.3 is 10.5 Å². The molecule has 0 spiro atoms. The highest BCUT2D eigenvalue weighted by Crippen LogP contribution is 2.29. The summed E-state index contributed by atoms with van der Waals surface area (Å²) in [7, 11) is 0. The highest BCUT2D eigenvalue weighted by Gasteiger charge is 2.06. The van der Waals surface area contributed by atoms with Crippen molar-refractivity contribution in [2.75, 3.05) is 5.73 Å². The molecule has 88 valence electrons. The van der Waals surface area contributed by atoms with E-state index in [1.165, 1.54) is 12.1 Å². The second-order valence-corrected chi connectivity index (χ2v) is 4.94. The molecule has 2 aromatic rings. The molecule has 0 aliphatic heterocycles. The average Bonchev–Trinajstić information content (AvgIpc) is 2.27. The second-order valence-electron chi connectivity index (χ2n) is 3.37. The molecule has 2 rings (SSSR count). The molecule has 0 aliphatic carbocycles. The van der Waals surface area contributed by atoms with Crippen LogP contribution in [-0.4, -0.2) is 0 Å². The topological polar surface area (TPSA) is 35.2 Å². The Labute approximate surface area is 117 Å². The summed E-state index contributed by atoms with van der Waals surface area (Å²) in [6.07, 6.45) is 0. The number of rotatable bonds is 2. The van der Waals surface area contributed by atoms with Crippen LogP contribution in [-0.2, 0) is 0 Å². The van der Waals surface area contributed by atoms with Gasteiger partial charge in [0.2, 0.25) is 0 Å². The van der Waals surface area contributed by atoms with Crippen molar-refractivity contribution in [1.82, 2.24) is 0 Å².